The van der Waals surface area contributed by atoms with Crippen LogP contribution in [0.1, 0.15) is 17.5 Å². The molecule has 5 nitrogen and oxygen atoms in total. The Bertz CT molecular complexity index is 476. The molecule has 0 saturated carbocycles. The number of aliphatic hydroxyl groups is 1. The fourth-order valence-electron chi connectivity index (χ4n) is 1.60. The van der Waals surface area contributed by atoms with Gasteiger partial charge in [-0.2, -0.15) is 4.98 Å². The summed E-state index contributed by atoms with van der Waals surface area (Å²) in [5.74, 6) is 0.648. The highest BCUT2D eigenvalue weighted by Crippen LogP contribution is 2.21. The molecule has 0 aliphatic carbocycles. The Morgan fingerprint density at radius 1 is 1.39 bits per heavy atom. The number of halogens is 1. The van der Waals surface area contributed by atoms with Crippen molar-refractivity contribution >= 4 is 11.6 Å². The molecule has 0 radical (unpaired) electrons. The third-order valence-electron chi connectivity index (χ3n) is 2.53. The van der Waals surface area contributed by atoms with Gasteiger partial charge < -0.3 is 14.9 Å². The van der Waals surface area contributed by atoms with Gasteiger partial charge in [0.2, 0.25) is 6.39 Å². The fraction of sp³-hybridized carbons (Fsp3) is 0.333. The first-order valence-corrected chi connectivity index (χ1v) is 6.03. The minimum absolute atomic E-state index is 0.432. The van der Waals surface area contributed by atoms with Crippen molar-refractivity contribution in [2.24, 2.45) is 0 Å². The maximum absolute atomic E-state index is 9.96. The molecule has 1 unspecified atom stereocenters. The van der Waals surface area contributed by atoms with E-state index in [1.165, 1.54) is 6.39 Å². The van der Waals surface area contributed by atoms with Crippen molar-refractivity contribution in [3.05, 3.63) is 47.1 Å². The van der Waals surface area contributed by atoms with E-state index in [1.807, 2.05) is 18.2 Å². The molecule has 2 N–H and O–H groups in total. The van der Waals surface area contributed by atoms with Crippen molar-refractivity contribution in [1.29, 1.82) is 0 Å². The molecule has 0 aliphatic heterocycles. The van der Waals surface area contributed by atoms with Crippen LogP contribution in [0.2, 0.25) is 5.02 Å². The number of hydrogen-bond donors (Lipinski definition) is 2. The van der Waals surface area contributed by atoms with Crippen molar-refractivity contribution < 1.29 is 9.63 Å². The SMILES string of the molecule is OC(CNCCc1ncon1)c1ccccc1Cl. The summed E-state index contributed by atoms with van der Waals surface area (Å²) < 4.78 is 4.62. The second-order valence-electron chi connectivity index (χ2n) is 3.84. The first kappa shape index (κ1) is 13.0. The molecule has 18 heavy (non-hydrogen) atoms. The summed E-state index contributed by atoms with van der Waals surface area (Å²) in [6.07, 6.45) is 1.34. The van der Waals surface area contributed by atoms with Crippen LogP contribution < -0.4 is 5.32 Å². The van der Waals surface area contributed by atoms with Gasteiger partial charge in [0.25, 0.3) is 0 Å². The number of aliphatic hydroxyl groups excluding tert-OH is 1. The van der Waals surface area contributed by atoms with Crippen molar-refractivity contribution in [3.63, 3.8) is 0 Å². The number of rotatable bonds is 6. The highest BCUT2D eigenvalue weighted by molar-refractivity contribution is 6.31. The number of nitrogens with one attached hydrogen (secondary N) is 1. The van der Waals surface area contributed by atoms with Gasteiger partial charge in [-0.25, -0.2) is 0 Å². The monoisotopic (exact) mass is 267 g/mol. The molecule has 0 aliphatic rings. The number of hydrogen-bond acceptors (Lipinski definition) is 5. The van der Waals surface area contributed by atoms with Gasteiger partial charge in [0.05, 0.1) is 6.10 Å². The molecule has 1 heterocycles. The molecule has 2 aromatic rings. The van der Waals surface area contributed by atoms with Crippen LogP contribution in [0.5, 0.6) is 0 Å². The Labute approximate surface area is 110 Å². The number of aromatic nitrogens is 2. The van der Waals surface area contributed by atoms with Gasteiger partial charge in [0, 0.05) is 30.1 Å². The van der Waals surface area contributed by atoms with Gasteiger partial charge in [0.1, 0.15) is 0 Å². The summed E-state index contributed by atoms with van der Waals surface area (Å²) >= 11 is 5.99. The third kappa shape index (κ3) is 3.53. The van der Waals surface area contributed by atoms with Crippen LogP contribution in [-0.4, -0.2) is 28.3 Å². The summed E-state index contributed by atoms with van der Waals surface area (Å²) in [6.45, 7) is 1.10. The standard InChI is InChI=1S/C12H14ClN3O2/c13-10-4-2-1-3-9(10)11(17)7-14-6-5-12-15-8-18-16-12/h1-4,8,11,14,17H,5-7H2. The molecular weight excluding hydrogens is 254 g/mol. The second kappa shape index (κ2) is 6.49. The van der Waals surface area contributed by atoms with E-state index in [4.69, 9.17) is 11.6 Å². The van der Waals surface area contributed by atoms with E-state index in [1.54, 1.807) is 6.07 Å². The van der Waals surface area contributed by atoms with E-state index in [9.17, 15) is 5.11 Å². The molecule has 1 atom stereocenters. The lowest BCUT2D eigenvalue weighted by atomic mass is 10.1. The lowest BCUT2D eigenvalue weighted by Crippen LogP contribution is -2.24. The summed E-state index contributed by atoms with van der Waals surface area (Å²) in [5.41, 5.74) is 0.728. The van der Waals surface area contributed by atoms with E-state index in [2.05, 4.69) is 20.0 Å². The Hall–Kier alpha value is -1.43. The van der Waals surface area contributed by atoms with E-state index < -0.39 is 6.10 Å². The lowest BCUT2D eigenvalue weighted by Gasteiger charge is -2.13. The van der Waals surface area contributed by atoms with Crippen molar-refractivity contribution in [2.75, 3.05) is 13.1 Å². The van der Waals surface area contributed by atoms with Crippen LogP contribution in [0.25, 0.3) is 0 Å². The van der Waals surface area contributed by atoms with Crippen LogP contribution >= 0.6 is 11.6 Å². The molecule has 1 aromatic carbocycles. The first-order valence-electron chi connectivity index (χ1n) is 5.66. The summed E-state index contributed by atoms with van der Waals surface area (Å²) in [5, 5.41) is 17.4. The minimum atomic E-state index is -0.621. The molecule has 2 rings (SSSR count). The molecule has 0 saturated heterocycles. The zero-order valence-electron chi connectivity index (χ0n) is 9.71. The summed E-state index contributed by atoms with van der Waals surface area (Å²) in [7, 11) is 0. The molecule has 6 heteroatoms. The van der Waals surface area contributed by atoms with Crippen LogP contribution in [-0.2, 0) is 6.42 Å². The zero-order valence-corrected chi connectivity index (χ0v) is 10.5. The van der Waals surface area contributed by atoms with E-state index in [0.717, 1.165) is 5.56 Å². The summed E-state index contributed by atoms with van der Waals surface area (Å²) in [4.78, 5) is 3.90. The maximum atomic E-state index is 9.96. The van der Waals surface area contributed by atoms with E-state index in [-0.39, 0.29) is 0 Å². The molecular formula is C12H14ClN3O2. The normalized spacial score (nSPS) is 12.6. The number of nitrogens with zero attached hydrogens (tertiary/aromatic N) is 2. The third-order valence-corrected chi connectivity index (χ3v) is 2.88. The molecule has 1 aromatic heterocycles. The topological polar surface area (TPSA) is 71.2 Å². The average molecular weight is 268 g/mol. The molecule has 0 bridgehead atoms. The van der Waals surface area contributed by atoms with Gasteiger partial charge >= 0.3 is 0 Å². The Balaban J connectivity index is 1.75. The van der Waals surface area contributed by atoms with Crippen LogP contribution in [0.15, 0.2) is 35.2 Å². The molecule has 96 valence electrons. The predicted molar refractivity (Wildman–Crippen MR) is 67.3 cm³/mol. The highest BCUT2D eigenvalue weighted by atomic mass is 35.5. The van der Waals surface area contributed by atoms with E-state index >= 15 is 0 Å². The van der Waals surface area contributed by atoms with Crippen molar-refractivity contribution in [3.8, 4) is 0 Å². The van der Waals surface area contributed by atoms with Gasteiger partial charge in [-0.05, 0) is 6.07 Å². The smallest absolute Gasteiger partial charge is 0.213 e. The Morgan fingerprint density at radius 2 is 2.22 bits per heavy atom. The van der Waals surface area contributed by atoms with Gasteiger partial charge in [-0.3, -0.25) is 0 Å². The fourth-order valence-corrected chi connectivity index (χ4v) is 1.86. The second-order valence-corrected chi connectivity index (χ2v) is 4.25. The number of benzene rings is 1. The molecule has 0 fully saturated rings. The average Bonchev–Trinajstić information content (AvgIpc) is 2.88. The summed E-state index contributed by atoms with van der Waals surface area (Å²) in [6, 6.07) is 7.26. The Morgan fingerprint density at radius 3 is 2.94 bits per heavy atom. The predicted octanol–water partition coefficient (Wildman–Crippen LogP) is 1.59. The van der Waals surface area contributed by atoms with Crippen LogP contribution in [0.3, 0.4) is 0 Å². The Kier molecular flexibility index (Phi) is 4.69. The first-order chi connectivity index (χ1) is 8.77. The zero-order chi connectivity index (χ0) is 12.8. The largest absolute Gasteiger partial charge is 0.387 e. The van der Waals surface area contributed by atoms with Crippen molar-refractivity contribution in [1.82, 2.24) is 15.5 Å². The van der Waals surface area contributed by atoms with Crippen LogP contribution in [0.4, 0.5) is 0 Å². The minimum Gasteiger partial charge on any atom is -0.387 e. The highest BCUT2D eigenvalue weighted by Gasteiger charge is 2.10. The quantitative estimate of drug-likeness (QED) is 0.778. The van der Waals surface area contributed by atoms with Crippen LogP contribution in [0, 0.1) is 0 Å². The lowest BCUT2D eigenvalue weighted by molar-refractivity contribution is 0.175. The van der Waals surface area contributed by atoms with E-state index in [0.29, 0.717) is 30.4 Å². The van der Waals surface area contributed by atoms with Gasteiger partial charge in [0.15, 0.2) is 5.82 Å². The van der Waals surface area contributed by atoms with Gasteiger partial charge in [-0.15, -0.1) is 0 Å². The van der Waals surface area contributed by atoms with Crippen molar-refractivity contribution in [2.45, 2.75) is 12.5 Å². The maximum Gasteiger partial charge on any atom is 0.213 e. The molecule has 0 amide bonds. The van der Waals surface area contributed by atoms with Gasteiger partial charge in [-0.1, -0.05) is 35.0 Å². The molecule has 0 spiro atoms.